The van der Waals surface area contributed by atoms with E-state index in [0.717, 1.165) is 23.1 Å². The lowest BCUT2D eigenvalue weighted by Crippen LogP contribution is -2.37. The van der Waals surface area contributed by atoms with Crippen molar-refractivity contribution in [1.29, 1.82) is 0 Å². The number of rotatable bonds is 7. The van der Waals surface area contributed by atoms with Gasteiger partial charge in [-0.1, -0.05) is 44.2 Å². The molecule has 0 spiro atoms. The summed E-state index contributed by atoms with van der Waals surface area (Å²) in [5, 5.41) is 2.95. The SMILES string of the molecule is Cc1ccccc1NC(=O)N(Cc1cccc(OS(C)(=O)=O)c1)CC(C)C. The Bertz CT molecular complexity index is 894. The fraction of sp³-hybridized carbons (Fsp3) is 0.350. The quantitative estimate of drug-likeness (QED) is 0.725. The molecular weight excluding hydrogens is 364 g/mol. The van der Waals surface area contributed by atoms with Crippen LogP contribution in [0.15, 0.2) is 48.5 Å². The molecule has 0 atom stereocenters. The van der Waals surface area contributed by atoms with Crippen LogP contribution in [-0.2, 0) is 16.7 Å². The summed E-state index contributed by atoms with van der Waals surface area (Å²) in [6.07, 6.45) is 1.00. The Kier molecular flexibility index (Phi) is 6.85. The molecule has 146 valence electrons. The molecule has 0 aromatic heterocycles. The van der Waals surface area contributed by atoms with Gasteiger partial charge < -0.3 is 14.4 Å². The van der Waals surface area contributed by atoms with Gasteiger partial charge in [-0.25, -0.2) is 4.79 Å². The maximum Gasteiger partial charge on any atom is 0.322 e. The average molecular weight is 391 g/mol. The van der Waals surface area contributed by atoms with Gasteiger partial charge in [-0.05, 0) is 42.2 Å². The zero-order chi connectivity index (χ0) is 20.0. The van der Waals surface area contributed by atoms with Crippen molar-refractivity contribution in [2.45, 2.75) is 27.3 Å². The van der Waals surface area contributed by atoms with Crippen LogP contribution in [0.2, 0.25) is 0 Å². The first-order valence-electron chi connectivity index (χ1n) is 8.74. The van der Waals surface area contributed by atoms with Crippen molar-refractivity contribution in [1.82, 2.24) is 4.90 Å². The second-order valence-electron chi connectivity index (χ2n) is 6.95. The molecule has 0 saturated heterocycles. The number of urea groups is 1. The highest BCUT2D eigenvalue weighted by molar-refractivity contribution is 7.86. The Labute approximate surface area is 161 Å². The zero-order valence-electron chi connectivity index (χ0n) is 16.1. The van der Waals surface area contributed by atoms with Crippen LogP contribution in [0.3, 0.4) is 0 Å². The summed E-state index contributed by atoms with van der Waals surface area (Å²) in [7, 11) is -3.60. The van der Waals surface area contributed by atoms with Crippen LogP contribution in [0.4, 0.5) is 10.5 Å². The lowest BCUT2D eigenvalue weighted by molar-refractivity contribution is 0.201. The number of nitrogens with one attached hydrogen (secondary N) is 1. The molecule has 2 amide bonds. The maximum absolute atomic E-state index is 12.8. The Morgan fingerprint density at radius 1 is 1.15 bits per heavy atom. The molecule has 0 aliphatic rings. The van der Waals surface area contributed by atoms with Gasteiger partial charge in [-0.15, -0.1) is 0 Å². The summed E-state index contributed by atoms with van der Waals surface area (Å²) in [6, 6.07) is 14.2. The number of hydrogen-bond donors (Lipinski definition) is 1. The van der Waals surface area contributed by atoms with Crippen LogP contribution in [-0.4, -0.2) is 32.1 Å². The second-order valence-corrected chi connectivity index (χ2v) is 8.53. The normalized spacial score (nSPS) is 11.3. The highest BCUT2D eigenvalue weighted by Crippen LogP contribution is 2.19. The molecule has 7 heteroatoms. The third-order valence-electron chi connectivity index (χ3n) is 3.78. The number of amides is 2. The van der Waals surface area contributed by atoms with Gasteiger partial charge >= 0.3 is 16.1 Å². The number of hydrogen-bond acceptors (Lipinski definition) is 4. The lowest BCUT2D eigenvalue weighted by Gasteiger charge is -2.25. The molecule has 2 rings (SSSR count). The van der Waals surface area contributed by atoms with E-state index in [0.29, 0.717) is 13.1 Å². The van der Waals surface area contributed by atoms with Crippen LogP contribution < -0.4 is 9.50 Å². The minimum Gasteiger partial charge on any atom is -0.383 e. The maximum atomic E-state index is 12.8. The van der Waals surface area contributed by atoms with Crippen molar-refractivity contribution >= 4 is 21.8 Å². The first-order chi connectivity index (χ1) is 12.6. The molecule has 27 heavy (non-hydrogen) atoms. The predicted molar refractivity (Wildman–Crippen MR) is 107 cm³/mol. The minimum atomic E-state index is -3.60. The van der Waals surface area contributed by atoms with Gasteiger partial charge in [0.05, 0.1) is 6.26 Å². The molecule has 0 radical (unpaired) electrons. The van der Waals surface area contributed by atoms with E-state index in [1.54, 1.807) is 23.1 Å². The zero-order valence-corrected chi connectivity index (χ0v) is 16.9. The van der Waals surface area contributed by atoms with Crippen LogP contribution in [0.25, 0.3) is 0 Å². The molecule has 2 aromatic rings. The molecular formula is C20H26N2O4S. The topological polar surface area (TPSA) is 75.7 Å². The molecule has 0 aliphatic heterocycles. The highest BCUT2D eigenvalue weighted by Gasteiger charge is 2.17. The molecule has 0 heterocycles. The number of benzene rings is 2. The van der Waals surface area contributed by atoms with Gasteiger partial charge in [0.1, 0.15) is 5.75 Å². The van der Waals surface area contributed by atoms with Crippen LogP contribution >= 0.6 is 0 Å². The second kappa shape index (κ2) is 8.90. The van der Waals surface area contributed by atoms with E-state index in [1.807, 2.05) is 51.1 Å². The summed E-state index contributed by atoms with van der Waals surface area (Å²) < 4.78 is 27.6. The van der Waals surface area contributed by atoms with Gasteiger partial charge in [0.2, 0.25) is 0 Å². The van der Waals surface area contributed by atoms with E-state index >= 15 is 0 Å². The lowest BCUT2D eigenvalue weighted by atomic mass is 10.1. The number of aryl methyl sites for hydroxylation is 1. The Balaban J connectivity index is 2.18. The smallest absolute Gasteiger partial charge is 0.322 e. The third-order valence-corrected chi connectivity index (χ3v) is 4.27. The summed E-state index contributed by atoms with van der Waals surface area (Å²) >= 11 is 0. The molecule has 0 saturated carbocycles. The van der Waals surface area contributed by atoms with E-state index < -0.39 is 10.1 Å². The number of carbonyl (C=O) groups excluding carboxylic acids is 1. The van der Waals surface area contributed by atoms with Crippen LogP contribution in [0.1, 0.15) is 25.0 Å². The Morgan fingerprint density at radius 3 is 2.48 bits per heavy atom. The van der Waals surface area contributed by atoms with E-state index in [4.69, 9.17) is 4.18 Å². The van der Waals surface area contributed by atoms with Crippen molar-refractivity contribution in [3.63, 3.8) is 0 Å². The van der Waals surface area contributed by atoms with Gasteiger partial charge in [0, 0.05) is 18.8 Å². The summed E-state index contributed by atoms with van der Waals surface area (Å²) in [4.78, 5) is 14.5. The average Bonchev–Trinajstić information content (AvgIpc) is 2.54. The van der Waals surface area contributed by atoms with E-state index in [9.17, 15) is 13.2 Å². The molecule has 0 bridgehead atoms. The summed E-state index contributed by atoms with van der Waals surface area (Å²) in [5.41, 5.74) is 2.54. The minimum absolute atomic E-state index is 0.201. The highest BCUT2D eigenvalue weighted by atomic mass is 32.2. The number of para-hydroxylation sites is 1. The number of anilines is 1. The third kappa shape index (κ3) is 6.94. The van der Waals surface area contributed by atoms with Gasteiger partial charge in [-0.3, -0.25) is 0 Å². The molecule has 0 aliphatic carbocycles. The Hall–Kier alpha value is -2.54. The van der Waals surface area contributed by atoms with Crippen molar-refractivity contribution in [3.05, 3.63) is 59.7 Å². The number of carbonyl (C=O) groups is 1. The van der Waals surface area contributed by atoms with Crippen molar-refractivity contribution in [2.24, 2.45) is 5.92 Å². The van der Waals surface area contributed by atoms with Crippen LogP contribution in [0, 0.1) is 12.8 Å². The monoisotopic (exact) mass is 390 g/mol. The first kappa shape index (κ1) is 20.8. The van der Waals surface area contributed by atoms with Crippen molar-refractivity contribution in [2.75, 3.05) is 18.1 Å². The van der Waals surface area contributed by atoms with Crippen molar-refractivity contribution in [3.8, 4) is 5.75 Å². The summed E-state index contributed by atoms with van der Waals surface area (Å²) in [5.74, 6) is 0.516. The van der Waals surface area contributed by atoms with E-state index in [-0.39, 0.29) is 17.7 Å². The van der Waals surface area contributed by atoms with Gasteiger partial charge in [0.25, 0.3) is 0 Å². The van der Waals surface area contributed by atoms with Gasteiger partial charge in [0.15, 0.2) is 0 Å². The standard InChI is InChI=1S/C20H26N2O4S/c1-15(2)13-22(20(23)21-19-11-6-5-8-16(19)3)14-17-9-7-10-18(12-17)26-27(4,24)25/h5-12,15H,13-14H2,1-4H3,(H,21,23). The van der Waals surface area contributed by atoms with Crippen molar-refractivity contribution < 1.29 is 17.4 Å². The van der Waals surface area contributed by atoms with Crippen LogP contribution in [0.5, 0.6) is 5.75 Å². The molecule has 6 nitrogen and oxygen atoms in total. The molecule has 0 fully saturated rings. The summed E-state index contributed by atoms with van der Waals surface area (Å²) in [6.45, 7) is 6.93. The molecule has 0 unspecified atom stereocenters. The molecule has 1 N–H and O–H groups in total. The number of nitrogens with zero attached hydrogens (tertiary/aromatic N) is 1. The molecule has 2 aromatic carbocycles. The van der Waals surface area contributed by atoms with E-state index in [1.165, 1.54) is 0 Å². The fourth-order valence-corrected chi connectivity index (χ4v) is 3.11. The Morgan fingerprint density at radius 2 is 1.85 bits per heavy atom. The van der Waals surface area contributed by atoms with E-state index in [2.05, 4.69) is 5.32 Å². The predicted octanol–water partition coefficient (Wildman–Crippen LogP) is 4.02. The largest absolute Gasteiger partial charge is 0.383 e. The first-order valence-corrected chi connectivity index (χ1v) is 10.6. The fourth-order valence-electron chi connectivity index (χ4n) is 2.66. The van der Waals surface area contributed by atoms with Gasteiger partial charge in [-0.2, -0.15) is 8.42 Å².